The van der Waals surface area contributed by atoms with Crippen molar-refractivity contribution in [3.05, 3.63) is 77.2 Å². The summed E-state index contributed by atoms with van der Waals surface area (Å²) in [5, 5.41) is 8.40. The van der Waals surface area contributed by atoms with Gasteiger partial charge >= 0.3 is 18.2 Å². The molecule has 39 heavy (non-hydrogen) atoms. The van der Waals surface area contributed by atoms with E-state index in [-0.39, 0.29) is 30.0 Å². The van der Waals surface area contributed by atoms with E-state index in [0.29, 0.717) is 18.2 Å². The molecule has 0 aliphatic carbocycles. The minimum atomic E-state index is -4.76. The van der Waals surface area contributed by atoms with Gasteiger partial charge in [-0.05, 0) is 30.2 Å². The number of alkyl carbamates (subject to hydrolysis) is 1. The van der Waals surface area contributed by atoms with Crippen molar-refractivity contribution in [3.8, 4) is 11.3 Å². The van der Waals surface area contributed by atoms with Gasteiger partial charge < -0.3 is 20.1 Å². The second-order valence-corrected chi connectivity index (χ2v) is 8.35. The molecule has 0 unspecified atom stereocenters. The zero-order chi connectivity index (χ0) is 28.6. The minimum absolute atomic E-state index is 0.0759. The van der Waals surface area contributed by atoms with Gasteiger partial charge in [0.2, 0.25) is 0 Å². The molecule has 13 heteroatoms. The molecule has 0 aliphatic rings. The van der Waals surface area contributed by atoms with Gasteiger partial charge in [0, 0.05) is 24.2 Å². The number of nitrogens with zero attached hydrogens (tertiary/aromatic N) is 2. The first-order valence-electron chi connectivity index (χ1n) is 11.8. The number of rotatable bonds is 10. The molecule has 0 spiro atoms. The Morgan fingerprint density at radius 2 is 1.82 bits per heavy atom. The quantitative estimate of drug-likeness (QED) is 0.287. The number of aromatic nitrogens is 2. The van der Waals surface area contributed by atoms with E-state index in [0.717, 1.165) is 30.0 Å². The molecule has 1 atom stereocenters. The van der Waals surface area contributed by atoms with Crippen LogP contribution in [0.4, 0.5) is 22.4 Å². The summed E-state index contributed by atoms with van der Waals surface area (Å²) in [7, 11) is 1.07. The number of carbonyl (C=O) groups is 3. The normalized spacial score (nSPS) is 11.9. The highest BCUT2D eigenvalue weighted by Crippen LogP contribution is 2.37. The molecule has 1 heterocycles. The molecule has 0 bridgehead atoms. The van der Waals surface area contributed by atoms with Crippen LogP contribution in [0.1, 0.15) is 34.8 Å². The van der Waals surface area contributed by atoms with Crippen LogP contribution in [-0.2, 0) is 33.6 Å². The monoisotopic (exact) mass is 550 g/mol. The lowest BCUT2D eigenvalue weighted by Crippen LogP contribution is -2.49. The molecule has 2 amide bonds. The Balaban J connectivity index is 1.75. The number of esters is 1. The number of aryl methyl sites for hydroxylation is 1. The van der Waals surface area contributed by atoms with Crippen LogP contribution in [0.2, 0.25) is 0 Å². The van der Waals surface area contributed by atoms with E-state index in [1.165, 1.54) is 0 Å². The van der Waals surface area contributed by atoms with E-state index in [2.05, 4.69) is 20.5 Å². The highest BCUT2D eigenvalue weighted by atomic mass is 19.4. The fourth-order valence-corrected chi connectivity index (χ4v) is 3.68. The summed E-state index contributed by atoms with van der Waals surface area (Å²) in [5.74, 6) is -2.76. The van der Waals surface area contributed by atoms with Crippen LogP contribution in [0.25, 0.3) is 11.3 Å². The molecule has 0 aliphatic heterocycles. The van der Waals surface area contributed by atoms with Gasteiger partial charge in [-0.15, -0.1) is 0 Å². The minimum Gasteiger partial charge on any atom is -0.467 e. The van der Waals surface area contributed by atoms with Gasteiger partial charge in [-0.1, -0.05) is 37.3 Å². The zero-order valence-electron chi connectivity index (χ0n) is 21.0. The van der Waals surface area contributed by atoms with Crippen molar-refractivity contribution in [2.75, 3.05) is 13.7 Å². The summed E-state index contributed by atoms with van der Waals surface area (Å²) >= 11 is 0. The van der Waals surface area contributed by atoms with Gasteiger partial charge in [-0.25, -0.2) is 14.0 Å². The predicted molar refractivity (Wildman–Crippen MR) is 131 cm³/mol. The molecule has 0 radical (unpaired) electrons. The van der Waals surface area contributed by atoms with Crippen LogP contribution >= 0.6 is 0 Å². The average Bonchev–Trinajstić information content (AvgIpc) is 3.34. The van der Waals surface area contributed by atoms with E-state index < -0.39 is 48.1 Å². The van der Waals surface area contributed by atoms with Gasteiger partial charge in [0.1, 0.15) is 24.0 Å². The first-order valence-corrected chi connectivity index (χ1v) is 11.8. The third-order valence-electron chi connectivity index (χ3n) is 5.47. The molecule has 3 rings (SSSR count). The maximum atomic E-state index is 14.5. The third kappa shape index (κ3) is 7.79. The van der Waals surface area contributed by atoms with E-state index in [9.17, 15) is 31.9 Å². The van der Waals surface area contributed by atoms with Gasteiger partial charge in [0.15, 0.2) is 0 Å². The Morgan fingerprint density at radius 1 is 1.10 bits per heavy atom. The van der Waals surface area contributed by atoms with Crippen LogP contribution in [-0.4, -0.2) is 47.4 Å². The number of hydrogen-bond acceptors (Lipinski definition) is 6. The third-order valence-corrected chi connectivity index (χ3v) is 5.47. The number of hydrogen-bond donors (Lipinski definition) is 2. The largest absolute Gasteiger partial charge is 0.467 e. The molecule has 2 aromatic carbocycles. The summed E-state index contributed by atoms with van der Waals surface area (Å²) in [5.41, 5.74) is -1.26. The summed E-state index contributed by atoms with van der Waals surface area (Å²) in [6.07, 6.45) is -4.60. The van der Waals surface area contributed by atoms with E-state index >= 15 is 0 Å². The number of methoxy groups -OCH3 is 1. The highest BCUT2D eigenvalue weighted by Gasteiger charge is 2.37. The number of alkyl halides is 3. The van der Waals surface area contributed by atoms with Crippen molar-refractivity contribution < 1.29 is 41.4 Å². The van der Waals surface area contributed by atoms with Crippen molar-refractivity contribution in [3.63, 3.8) is 0 Å². The molecule has 0 saturated heterocycles. The Labute approximate surface area is 221 Å². The first kappa shape index (κ1) is 29.1. The number of carbonyl (C=O) groups excluding carboxylic acids is 3. The molecule has 2 N–H and O–H groups in total. The number of benzene rings is 2. The number of nitrogens with one attached hydrogen (secondary N) is 2. The van der Waals surface area contributed by atoms with Crippen molar-refractivity contribution >= 4 is 18.0 Å². The second-order valence-electron chi connectivity index (χ2n) is 8.35. The average molecular weight is 551 g/mol. The zero-order valence-corrected chi connectivity index (χ0v) is 21.0. The summed E-state index contributed by atoms with van der Waals surface area (Å²) in [4.78, 5) is 37.1. The Kier molecular flexibility index (Phi) is 9.63. The lowest BCUT2D eigenvalue weighted by molar-refractivity contribution is -0.142. The topological polar surface area (TPSA) is 112 Å². The van der Waals surface area contributed by atoms with Gasteiger partial charge in [-0.2, -0.15) is 18.3 Å². The molecule has 208 valence electrons. The SMILES string of the molecule is CCCn1ncc(C(F)(F)F)c1-c1cc(F)cc(C(=O)NC[C@@H](NC(=O)OCc2ccccc2)C(=O)OC)c1. The highest BCUT2D eigenvalue weighted by molar-refractivity contribution is 5.96. The summed E-state index contributed by atoms with van der Waals surface area (Å²) < 4.78 is 66.1. The molecular weight excluding hydrogens is 524 g/mol. The summed E-state index contributed by atoms with van der Waals surface area (Å²) in [6.45, 7) is 1.33. The molecular formula is C26H26F4N4O5. The molecule has 9 nitrogen and oxygen atoms in total. The Hall–Kier alpha value is -4.42. The van der Waals surface area contributed by atoms with Gasteiger partial charge in [0.05, 0.1) is 19.0 Å². The molecule has 0 fully saturated rings. The van der Waals surface area contributed by atoms with Crippen molar-refractivity contribution in [1.29, 1.82) is 0 Å². The van der Waals surface area contributed by atoms with Crippen LogP contribution < -0.4 is 10.6 Å². The number of halogens is 4. The lowest BCUT2D eigenvalue weighted by Gasteiger charge is -2.17. The van der Waals surface area contributed by atoms with Crippen LogP contribution in [0.3, 0.4) is 0 Å². The predicted octanol–water partition coefficient (Wildman–Crippen LogP) is 4.32. The molecule has 3 aromatic rings. The number of ether oxygens (including phenoxy) is 2. The van der Waals surface area contributed by atoms with Crippen molar-refractivity contribution in [1.82, 2.24) is 20.4 Å². The smallest absolute Gasteiger partial charge is 0.420 e. The fourth-order valence-electron chi connectivity index (χ4n) is 3.68. The van der Waals surface area contributed by atoms with Crippen LogP contribution in [0, 0.1) is 5.82 Å². The van der Waals surface area contributed by atoms with Crippen LogP contribution in [0.5, 0.6) is 0 Å². The number of amides is 2. The first-order chi connectivity index (χ1) is 18.5. The van der Waals surface area contributed by atoms with Crippen molar-refractivity contribution in [2.24, 2.45) is 0 Å². The van der Waals surface area contributed by atoms with Gasteiger partial charge in [-0.3, -0.25) is 9.48 Å². The standard InChI is InChI=1S/C26H26F4N4O5/c1-3-9-34-22(20(13-32-34)26(28,29)30)17-10-18(12-19(27)11-17)23(35)31-14-21(24(36)38-2)33-25(37)39-15-16-7-5-4-6-8-16/h4-8,10-13,21H,3,9,14-15H2,1-2H3,(H,31,35)(H,33,37)/t21-/m1/s1. The maximum absolute atomic E-state index is 14.5. The lowest BCUT2D eigenvalue weighted by atomic mass is 10.0. The van der Waals surface area contributed by atoms with E-state index in [4.69, 9.17) is 4.74 Å². The fraction of sp³-hybridized carbons (Fsp3) is 0.308. The van der Waals surface area contributed by atoms with E-state index in [1.54, 1.807) is 37.3 Å². The molecule has 0 saturated carbocycles. The van der Waals surface area contributed by atoms with Crippen LogP contribution in [0.15, 0.2) is 54.7 Å². The molecule has 1 aromatic heterocycles. The second kappa shape index (κ2) is 12.9. The van der Waals surface area contributed by atoms with Gasteiger partial charge in [0.25, 0.3) is 5.91 Å². The van der Waals surface area contributed by atoms with E-state index in [1.807, 2.05) is 0 Å². The van der Waals surface area contributed by atoms with Crippen molar-refractivity contribution in [2.45, 2.75) is 38.7 Å². The Morgan fingerprint density at radius 3 is 2.46 bits per heavy atom. The Bertz CT molecular complexity index is 1310. The maximum Gasteiger partial charge on any atom is 0.420 e. The summed E-state index contributed by atoms with van der Waals surface area (Å²) in [6, 6.07) is 10.2.